The minimum atomic E-state index is 0.317. The Bertz CT molecular complexity index is 621. The number of nitrogens with zero attached hydrogens (tertiary/aromatic N) is 4. The molecule has 3 heterocycles. The third kappa shape index (κ3) is 3.68. The van der Waals surface area contributed by atoms with Crippen molar-refractivity contribution in [2.45, 2.75) is 77.3 Å². The molecular formula is C21H34N4O. The van der Waals surface area contributed by atoms with Gasteiger partial charge in [-0.25, -0.2) is 4.98 Å². The van der Waals surface area contributed by atoms with Crippen LogP contribution in [-0.4, -0.2) is 51.4 Å². The van der Waals surface area contributed by atoms with Gasteiger partial charge in [-0.15, -0.1) is 0 Å². The summed E-state index contributed by atoms with van der Waals surface area (Å²) in [4.78, 5) is 21.3. The van der Waals surface area contributed by atoms with E-state index in [1.807, 2.05) is 0 Å². The van der Waals surface area contributed by atoms with Gasteiger partial charge in [0.25, 0.3) is 0 Å². The molecule has 0 aromatic carbocycles. The Morgan fingerprint density at radius 2 is 2.00 bits per heavy atom. The van der Waals surface area contributed by atoms with Crippen molar-refractivity contribution in [3.63, 3.8) is 0 Å². The van der Waals surface area contributed by atoms with E-state index in [0.29, 0.717) is 17.4 Å². The largest absolute Gasteiger partial charge is 0.342 e. The molecule has 144 valence electrons. The number of hydrogen-bond acceptors (Lipinski definition) is 3. The summed E-state index contributed by atoms with van der Waals surface area (Å²) in [6, 6.07) is 0.655. The van der Waals surface area contributed by atoms with Gasteiger partial charge in [0.1, 0.15) is 0 Å². The second kappa shape index (κ2) is 7.71. The molecule has 26 heavy (non-hydrogen) atoms. The van der Waals surface area contributed by atoms with Crippen LogP contribution in [0.5, 0.6) is 0 Å². The molecule has 5 heteroatoms. The van der Waals surface area contributed by atoms with Crippen molar-refractivity contribution in [2.75, 3.05) is 26.2 Å². The highest BCUT2D eigenvalue weighted by Crippen LogP contribution is 2.39. The molecule has 4 rings (SSSR count). The van der Waals surface area contributed by atoms with Gasteiger partial charge in [0, 0.05) is 50.3 Å². The molecule has 1 aromatic heterocycles. The Balaban J connectivity index is 1.43. The summed E-state index contributed by atoms with van der Waals surface area (Å²) < 4.78 is 2.46. The molecule has 2 saturated heterocycles. The first kappa shape index (κ1) is 18.0. The molecule has 5 nitrogen and oxygen atoms in total. The Hall–Kier alpha value is -1.36. The average molecular weight is 359 g/mol. The van der Waals surface area contributed by atoms with Crippen molar-refractivity contribution in [1.29, 1.82) is 0 Å². The summed E-state index contributed by atoms with van der Waals surface area (Å²) in [5.41, 5.74) is 1.70. The van der Waals surface area contributed by atoms with Crippen molar-refractivity contribution in [3.8, 4) is 0 Å². The van der Waals surface area contributed by atoms with E-state index in [1.54, 1.807) is 0 Å². The van der Waals surface area contributed by atoms with Crippen LogP contribution in [0.25, 0.3) is 0 Å². The first-order valence-corrected chi connectivity index (χ1v) is 10.7. The smallest absolute Gasteiger partial charge is 0.222 e. The van der Waals surface area contributed by atoms with Crippen LogP contribution in [0.15, 0.2) is 12.5 Å². The van der Waals surface area contributed by atoms with Crippen LogP contribution in [-0.2, 0) is 11.3 Å². The predicted octanol–water partition coefficient (Wildman–Crippen LogP) is 3.61. The molecule has 2 aliphatic heterocycles. The monoisotopic (exact) mass is 358 g/mol. The van der Waals surface area contributed by atoms with Gasteiger partial charge in [-0.1, -0.05) is 19.3 Å². The zero-order valence-corrected chi connectivity index (χ0v) is 16.3. The number of piperidine rings is 2. The second-order valence-corrected chi connectivity index (χ2v) is 8.81. The van der Waals surface area contributed by atoms with E-state index in [9.17, 15) is 4.79 Å². The number of amides is 1. The van der Waals surface area contributed by atoms with Crippen molar-refractivity contribution < 1.29 is 4.79 Å². The van der Waals surface area contributed by atoms with Crippen molar-refractivity contribution in [2.24, 2.45) is 5.41 Å². The fraction of sp³-hybridized carbons (Fsp3) is 0.810. The van der Waals surface area contributed by atoms with Crippen LogP contribution in [0, 0.1) is 5.41 Å². The highest BCUT2D eigenvalue weighted by Gasteiger charge is 2.41. The molecule has 3 fully saturated rings. The molecule has 3 aliphatic rings. The van der Waals surface area contributed by atoms with Crippen LogP contribution in [0.2, 0.25) is 0 Å². The number of carbonyl (C=O) groups excluding carboxylic acids is 1. The first-order valence-electron chi connectivity index (χ1n) is 10.7. The lowest BCUT2D eigenvalue weighted by molar-refractivity contribution is -0.139. The predicted molar refractivity (Wildman–Crippen MR) is 103 cm³/mol. The molecule has 0 unspecified atom stereocenters. The second-order valence-electron chi connectivity index (χ2n) is 8.81. The maximum atomic E-state index is 12.1. The Morgan fingerprint density at radius 1 is 1.15 bits per heavy atom. The molecule has 1 amide bonds. The van der Waals surface area contributed by atoms with Crippen LogP contribution in [0.4, 0.5) is 0 Å². The lowest BCUT2D eigenvalue weighted by Gasteiger charge is -2.48. The third-order valence-corrected chi connectivity index (χ3v) is 6.97. The highest BCUT2D eigenvalue weighted by atomic mass is 16.2. The van der Waals surface area contributed by atoms with E-state index >= 15 is 0 Å². The van der Waals surface area contributed by atoms with Crippen LogP contribution >= 0.6 is 0 Å². The summed E-state index contributed by atoms with van der Waals surface area (Å²) in [6.07, 6.45) is 15.2. The van der Waals surface area contributed by atoms with Crippen molar-refractivity contribution >= 4 is 5.91 Å². The zero-order chi connectivity index (χ0) is 18.0. The summed E-state index contributed by atoms with van der Waals surface area (Å²) in [5, 5.41) is 0. The van der Waals surface area contributed by atoms with Crippen LogP contribution in [0.3, 0.4) is 0 Å². The Kier molecular flexibility index (Phi) is 5.35. The summed E-state index contributed by atoms with van der Waals surface area (Å²) in [6.45, 7) is 7.25. The maximum absolute atomic E-state index is 12.1. The van der Waals surface area contributed by atoms with E-state index in [1.165, 1.54) is 57.2 Å². The summed E-state index contributed by atoms with van der Waals surface area (Å²) >= 11 is 0. The van der Waals surface area contributed by atoms with E-state index in [4.69, 9.17) is 0 Å². The number of imidazole rings is 1. The SMILES string of the molecule is CCN1C[C@]2(CCCN(Cc3cncn3C3CCCCC3)C2)CCC1=O. The zero-order valence-electron chi connectivity index (χ0n) is 16.3. The van der Waals surface area contributed by atoms with Crippen LogP contribution < -0.4 is 0 Å². The molecule has 0 radical (unpaired) electrons. The minimum absolute atomic E-state index is 0.317. The standard InChI is InChI=1S/C21H34N4O/c1-2-24-16-21(11-9-20(24)26)10-6-12-23(15-21)14-19-13-22-17-25(19)18-7-4-3-5-8-18/h13,17-18H,2-12,14-16H2,1H3/t21-/m1/s1. The van der Waals surface area contributed by atoms with Gasteiger partial charge in [0.05, 0.1) is 12.0 Å². The number of hydrogen-bond donors (Lipinski definition) is 0. The molecule has 0 bridgehead atoms. The summed E-state index contributed by atoms with van der Waals surface area (Å²) in [7, 11) is 0. The van der Waals surface area contributed by atoms with Gasteiger partial charge < -0.3 is 9.47 Å². The maximum Gasteiger partial charge on any atom is 0.222 e. The molecule has 1 atom stereocenters. The van der Waals surface area contributed by atoms with Gasteiger partial charge in [0.2, 0.25) is 5.91 Å². The fourth-order valence-electron chi connectivity index (χ4n) is 5.54. The third-order valence-electron chi connectivity index (χ3n) is 6.97. The van der Waals surface area contributed by atoms with Gasteiger partial charge in [-0.05, 0) is 45.6 Å². The molecule has 0 N–H and O–H groups in total. The molecule has 1 saturated carbocycles. The van der Waals surface area contributed by atoms with Gasteiger partial charge in [-0.2, -0.15) is 0 Å². The lowest BCUT2D eigenvalue weighted by atomic mass is 9.73. The quantitative estimate of drug-likeness (QED) is 0.825. The first-order chi connectivity index (χ1) is 12.7. The molecule has 1 aromatic rings. The Labute approximate surface area is 157 Å². The molecule has 1 aliphatic carbocycles. The average Bonchev–Trinajstić information content (AvgIpc) is 3.13. The number of likely N-dealkylation sites (tertiary alicyclic amines) is 2. The minimum Gasteiger partial charge on any atom is -0.342 e. The fourth-order valence-corrected chi connectivity index (χ4v) is 5.54. The van der Waals surface area contributed by atoms with Gasteiger partial charge in [-0.3, -0.25) is 9.69 Å². The van der Waals surface area contributed by atoms with Crippen LogP contribution in [0.1, 0.15) is 76.4 Å². The van der Waals surface area contributed by atoms with E-state index in [2.05, 4.69) is 38.8 Å². The van der Waals surface area contributed by atoms with E-state index in [0.717, 1.165) is 39.0 Å². The van der Waals surface area contributed by atoms with Crippen molar-refractivity contribution in [3.05, 3.63) is 18.2 Å². The summed E-state index contributed by atoms with van der Waals surface area (Å²) in [5.74, 6) is 0.352. The molecular weight excluding hydrogens is 324 g/mol. The molecule has 1 spiro atoms. The number of aromatic nitrogens is 2. The number of carbonyl (C=O) groups is 1. The van der Waals surface area contributed by atoms with Gasteiger partial charge >= 0.3 is 0 Å². The van der Waals surface area contributed by atoms with E-state index in [-0.39, 0.29) is 0 Å². The van der Waals surface area contributed by atoms with E-state index < -0.39 is 0 Å². The topological polar surface area (TPSA) is 41.4 Å². The normalized spacial score (nSPS) is 28.8. The highest BCUT2D eigenvalue weighted by molar-refractivity contribution is 5.77. The van der Waals surface area contributed by atoms with Gasteiger partial charge in [0.15, 0.2) is 0 Å². The lowest BCUT2D eigenvalue weighted by Crippen LogP contribution is -2.53. The Morgan fingerprint density at radius 3 is 2.81 bits per heavy atom. The van der Waals surface area contributed by atoms with Crippen molar-refractivity contribution in [1.82, 2.24) is 19.4 Å². The number of rotatable bonds is 4.